The molecule has 11 heteroatoms. The van der Waals surface area contributed by atoms with Gasteiger partial charge in [0.25, 0.3) is 7.82 Å². The topological polar surface area (TPSA) is 131 Å². The molecule has 29 heavy (non-hydrogen) atoms. The molecule has 174 valence electrons. The Kier molecular flexibility index (Phi) is 40.5. The zero-order chi connectivity index (χ0) is 22.1. The predicted molar refractivity (Wildman–Crippen MR) is 112 cm³/mol. The van der Waals surface area contributed by atoms with E-state index in [1.165, 1.54) is 51.4 Å². The van der Waals surface area contributed by atoms with E-state index in [-0.39, 0.29) is 42.8 Å². The average Bonchev–Trinajstić information content (AvgIpc) is 2.61. The van der Waals surface area contributed by atoms with E-state index < -0.39 is 19.2 Å². The Morgan fingerprint density at radius 1 is 0.862 bits per heavy atom. The molecule has 0 aromatic rings. The van der Waals surface area contributed by atoms with Gasteiger partial charge in [0.1, 0.15) is 0 Å². The minimum Gasteiger partial charge on any atom is -0.756 e. The maximum absolute atomic E-state index is 10.3. The Morgan fingerprint density at radius 2 is 1.24 bits per heavy atom. The maximum Gasteiger partial charge on any atom is 1.00 e. The first-order valence-corrected chi connectivity index (χ1v) is 12.7. The Hall–Kier alpha value is 1.14. The van der Waals surface area contributed by atoms with Gasteiger partial charge in [-0.2, -0.15) is 0 Å². The molecule has 0 amide bonds. The Bertz CT molecular complexity index is 363. The van der Waals surface area contributed by atoms with Crippen molar-refractivity contribution >= 4 is 19.2 Å². The smallest absolute Gasteiger partial charge is 0.756 e. The first-order chi connectivity index (χ1) is 13.2. The third kappa shape index (κ3) is 52.9. The van der Waals surface area contributed by atoms with Crippen LogP contribution in [0.2, 0.25) is 0 Å². The van der Waals surface area contributed by atoms with Crippen LogP contribution in [0.3, 0.4) is 0 Å². The predicted octanol–water partition coefficient (Wildman–Crippen LogP) is 0.821. The summed E-state index contributed by atoms with van der Waals surface area (Å²) in [7, 11) is -0.746. The minimum atomic E-state index is -4.50. The van der Waals surface area contributed by atoms with Crippen molar-refractivity contribution in [3.63, 3.8) is 0 Å². The molecule has 0 aliphatic carbocycles. The molecular weight excluding hydrogens is 428 g/mol. The molecule has 2 unspecified atom stereocenters. The zero-order valence-corrected chi connectivity index (χ0v) is 22.9. The normalized spacial score (nSPS) is 13.1. The summed E-state index contributed by atoms with van der Waals surface area (Å²) in [5.41, 5.74) is 0. The van der Waals surface area contributed by atoms with Crippen molar-refractivity contribution in [2.75, 3.05) is 27.3 Å². The summed E-state index contributed by atoms with van der Waals surface area (Å²) in [6.45, 7) is 4.46. The van der Waals surface area contributed by atoms with Crippen LogP contribution in [0.1, 0.15) is 90.9 Å². The molecule has 0 aromatic heterocycles. The first-order valence-electron chi connectivity index (χ1n) is 10.2. The summed E-state index contributed by atoms with van der Waals surface area (Å²) in [5.74, 6) is 0. The third-order valence-corrected chi connectivity index (χ3v) is 4.25. The van der Waals surface area contributed by atoms with Gasteiger partial charge in [-0.3, -0.25) is 4.57 Å². The molecule has 0 fully saturated rings. The Labute approximate surface area is 203 Å². The molecular formula is C18H42NNaO7PS-. The molecule has 8 nitrogen and oxygen atoms in total. The van der Waals surface area contributed by atoms with Crippen LogP contribution >= 0.6 is 7.82 Å². The number of hydrogen-bond donors (Lipinski definition) is 2. The van der Waals surface area contributed by atoms with Crippen molar-refractivity contribution in [1.82, 2.24) is 5.32 Å². The second-order valence-corrected chi connectivity index (χ2v) is 8.20. The van der Waals surface area contributed by atoms with E-state index in [9.17, 15) is 18.2 Å². The molecule has 2 atom stereocenters. The maximum atomic E-state index is 10.3. The molecule has 0 aromatic carbocycles. The van der Waals surface area contributed by atoms with Gasteiger partial charge < -0.3 is 28.4 Å². The molecule has 0 aliphatic heterocycles. The SMILES string of the molecule is CCCCCCCCCCCCCOP(=O)([O-])O.CCCOS(=O)[O-].CNC.[Na+]. The quantitative estimate of drug-likeness (QED) is 0.147. The van der Waals surface area contributed by atoms with E-state index in [0.717, 1.165) is 19.3 Å². The van der Waals surface area contributed by atoms with Gasteiger partial charge in [-0.15, -0.1) is 0 Å². The summed E-state index contributed by atoms with van der Waals surface area (Å²) < 4.78 is 37.7. The van der Waals surface area contributed by atoms with Crippen LogP contribution in [-0.2, 0) is 24.6 Å². The van der Waals surface area contributed by atoms with Crippen molar-refractivity contribution in [1.29, 1.82) is 0 Å². The molecule has 2 N–H and O–H groups in total. The summed E-state index contributed by atoms with van der Waals surface area (Å²) in [6, 6.07) is 0. The molecule has 0 saturated carbocycles. The van der Waals surface area contributed by atoms with Crippen molar-refractivity contribution < 1.29 is 61.4 Å². The van der Waals surface area contributed by atoms with E-state index >= 15 is 0 Å². The Balaban J connectivity index is -0.000000237. The van der Waals surface area contributed by atoms with E-state index in [4.69, 9.17) is 4.89 Å². The summed E-state index contributed by atoms with van der Waals surface area (Å²) in [4.78, 5) is 18.6. The van der Waals surface area contributed by atoms with Crippen molar-refractivity contribution in [3.05, 3.63) is 0 Å². The fraction of sp³-hybridized carbons (Fsp3) is 1.00. The second-order valence-electron chi connectivity index (χ2n) is 6.36. The van der Waals surface area contributed by atoms with Gasteiger partial charge in [-0.25, -0.2) is 4.21 Å². The largest absolute Gasteiger partial charge is 1.00 e. The monoisotopic (exact) mass is 470 g/mol. The molecule has 0 aliphatic rings. The standard InChI is InChI=1S/C13H29O4P.C3H8O3S.C2H7N.Na/c1-2-3-4-5-6-7-8-9-10-11-12-13-17-18(14,15)16;1-2-3-6-7(4)5;1-3-2;/h2-13H2,1H3,(H2,14,15,16);2-3H2,1H3,(H,4,5);3H,1-2H3;/q;;;+1/p-2. The molecule has 0 radical (unpaired) electrons. The summed E-state index contributed by atoms with van der Waals surface area (Å²) in [6.07, 6.45) is 14.0. The first kappa shape index (κ1) is 37.5. The average molecular weight is 471 g/mol. The number of nitrogens with one attached hydrogen (secondary N) is 1. The number of phosphoric acid groups is 1. The number of rotatable bonds is 16. The summed E-state index contributed by atoms with van der Waals surface area (Å²) in [5, 5.41) is 2.75. The molecule has 0 heterocycles. The van der Waals surface area contributed by atoms with Gasteiger partial charge in [0, 0.05) is 0 Å². The van der Waals surface area contributed by atoms with Gasteiger partial charge in [0.05, 0.1) is 24.6 Å². The van der Waals surface area contributed by atoms with Crippen LogP contribution in [0, 0.1) is 0 Å². The van der Waals surface area contributed by atoms with Crippen molar-refractivity contribution in [3.8, 4) is 0 Å². The van der Waals surface area contributed by atoms with Crippen molar-refractivity contribution in [2.45, 2.75) is 90.9 Å². The number of hydrogen-bond acceptors (Lipinski definition) is 7. The number of phosphoric ester groups is 1. The molecule has 0 saturated heterocycles. The van der Waals surface area contributed by atoms with Crippen LogP contribution in [0.4, 0.5) is 0 Å². The fourth-order valence-electron chi connectivity index (χ4n) is 2.10. The van der Waals surface area contributed by atoms with Crippen LogP contribution in [0.25, 0.3) is 0 Å². The van der Waals surface area contributed by atoms with Gasteiger partial charge in [-0.05, 0) is 26.9 Å². The molecule has 0 spiro atoms. The third-order valence-electron chi connectivity index (χ3n) is 3.39. The minimum absolute atomic E-state index is 0. The van der Waals surface area contributed by atoms with Crippen LogP contribution in [0.5, 0.6) is 0 Å². The van der Waals surface area contributed by atoms with Gasteiger partial charge in [-0.1, -0.05) is 78.1 Å². The van der Waals surface area contributed by atoms with E-state index in [1.54, 1.807) is 0 Å². The van der Waals surface area contributed by atoms with Crippen LogP contribution < -0.4 is 39.8 Å². The zero-order valence-electron chi connectivity index (χ0n) is 19.2. The summed E-state index contributed by atoms with van der Waals surface area (Å²) >= 11 is -2.32. The Morgan fingerprint density at radius 3 is 1.52 bits per heavy atom. The van der Waals surface area contributed by atoms with E-state index in [2.05, 4.69) is 20.9 Å². The van der Waals surface area contributed by atoms with Gasteiger partial charge in [0.2, 0.25) is 0 Å². The molecule has 0 bridgehead atoms. The van der Waals surface area contributed by atoms with Gasteiger partial charge in [0.15, 0.2) is 0 Å². The van der Waals surface area contributed by atoms with E-state index in [0.29, 0.717) is 6.42 Å². The second kappa shape index (κ2) is 31.3. The van der Waals surface area contributed by atoms with Gasteiger partial charge >= 0.3 is 29.6 Å². The van der Waals surface area contributed by atoms with Crippen LogP contribution in [-0.4, -0.2) is 41.0 Å². The molecule has 0 rings (SSSR count). The number of unbranched alkanes of at least 4 members (excludes halogenated alkanes) is 10. The van der Waals surface area contributed by atoms with Crippen LogP contribution in [0.15, 0.2) is 0 Å². The fourth-order valence-corrected chi connectivity index (χ4v) is 2.76. The van der Waals surface area contributed by atoms with Crippen molar-refractivity contribution in [2.24, 2.45) is 0 Å². The van der Waals surface area contributed by atoms with E-state index in [1.807, 2.05) is 21.0 Å².